The minimum absolute atomic E-state index is 0.0708. The zero-order chi connectivity index (χ0) is 17.1. The van der Waals surface area contributed by atoms with E-state index in [1.807, 2.05) is 0 Å². The molecule has 1 amide bonds. The Bertz CT molecular complexity index is 702. The van der Waals surface area contributed by atoms with Crippen LogP contribution in [0.5, 0.6) is 5.75 Å². The molecule has 0 bridgehead atoms. The lowest BCUT2D eigenvalue weighted by Crippen LogP contribution is -2.24. The van der Waals surface area contributed by atoms with Gasteiger partial charge in [-0.3, -0.25) is 9.48 Å². The van der Waals surface area contributed by atoms with E-state index in [9.17, 15) is 18.0 Å². The van der Waals surface area contributed by atoms with Gasteiger partial charge < -0.3 is 10.1 Å². The number of benzene rings is 1. The SMILES string of the molecule is Cc1nn(C(C)C(=O)Nc2ccc(F)cc2OC(F)F)cc1Cl. The van der Waals surface area contributed by atoms with Gasteiger partial charge in [-0.2, -0.15) is 13.9 Å². The summed E-state index contributed by atoms with van der Waals surface area (Å²) in [6.07, 6.45) is 1.47. The second-order valence-corrected chi connectivity index (χ2v) is 5.13. The summed E-state index contributed by atoms with van der Waals surface area (Å²) in [5.41, 5.74) is 0.480. The van der Waals surface area contributed by atoms with Crippen molar-refractivity contribution in [3.63, 3.8) is 0 Å². The molecule has 124 valence electrons. The molecule has 9 heteroatoms. The molecule has 1 unspecified atom stereocenters. The van der Waals surface area contributed by atoms with Crippen molar-refractivity contribution in [2.75, 3.05) is 5.32 Å². The molecule has 2 rings (SSSR count). The van der Waals surface area contributed by atoms with Crippen molar-refractivity contribution in [1.29, 1.82) is 0 Å². The van der Waals surface area contributed by atoms with Crippen LogP contribution in [0, 0.1) is 12.7 Å². The van der Waals surface area contributed by atoms with E-state index in [1.165, 1.54) is 10.9 Å². The third kappa shape index (κ3) is 4.16. The first kappa shape index (κ1) is 17.1. The van der Waals surface area contributed by atoms with Gasteiger partial charge in [-0.15, -0.1) is 0 Å². The lowest BCUT2D eigenvalue weighted by atomic mass is 10.2. The largest absolute Gasteiger partial charge is 0.432 e. The van der Waals surface area contributed by atoms with Gasteiger partial charge in [0, 0.05) is 12.3 Å². The fourth-order valence-corrected chi connectivity index (χ4v) is 1.95. The smallest absolute Gasteiger partial charge is 0.387 e. The molecule has 5 nitrogen and oxygen atoms in total. The molecule has 1 N–H and O–H groups in total. The Kier molecular flexibility index (Phi) is 5.15. The summed E-state index contributed by atoms with van der Waals surface area (Å²) in [6, 6.07) is 2.17. The van der Waals surface area contributed by atoms with Gasteiger partial charge in [0.25, 0.3) is 0 Å². The van der Waals surface area contributed by atoms with Crippen LogP contribution in [-0.4, -0.2) is 22.3 Å². The average molecular weight is 348 g/mol. The van der Waals surface area contributed by atoms with Gasteiger partial charge in [0.15, 0.2) is 5.75 Å². The Morgan fingerprint density at radius 3 is 2.70 bits per heavy atom. The highest BCUT2D eigenvalue weighted by molar-refractivity contribution is 6.31. The van der Waals surface area contributed by atoms with Gasteiger partial charge in [-0.25, -0.2) is 4.39 Å². The molecular weight excluding hydrogens is 335 g/mol. The van der Waals surface area contributed by atoms with Crippen LogP contribution in [0.15, 0.2) is 24.4 Å². The number of amides is 1. The first-order valence-electron chi connectivity index (χ1n) is 6.54. The Morgan fingerprint density at radius 1 is 1.43 bits per heavy atom. The number of alkyl halides is 2. The number of halogens is 4. The summed E-state index contributed by atoms with van der Waals surface area (Å²) in [5.74, 6) is -1.77. The number of rotatable bonds is 5. The fraction of sp³-hybridized carbons (Fsp3) is 0.286. The minimum atomic E-state index is -3.14. The summed E-state index contributed by atoms with van der Waals surface area (Å²) >= 11 is 5.88. The van der Waals surface area contributed by atoms with Gasteiger partial charge in [-0.1, -0.05) is 11.6 Å². The number of hydrogen-bond acceptors (Lipinski definition) is 3. The van der Waals surface area contributed by atoms with E-state index in [0.29, 0.717) is 10.7 Å². The fourth-order valence-electron chi connectivity index (χ4n) is 1.81. The first-order valence-corrected chi connectivity index (χ1v) is 6.92. The number of ether oxygens (including phenoxy) is 1. The predicted octanol–water partition coefficient (Wildman–Crippen LogP) is 3.79. The number of carbonyl (C=O) groups excluding carboxylic acids is 1. The highest BCUT2D eigenvalue weighted by atomic mass is 35.5. The first-order chi connectivity index (χ1) is 10.8. The van der Waals surface area contributed by atoms with E-state index >= 15 is 0 Å². The molecule has 0 fully saturated rings. The molecule has 1 heterocycles. The maximum Gasteiger partial charge on any atom is 0.387 e. The van der Waals surface area contributed by atoms with Crippen LogP contribution < -0.4 is 10.1 Å². The molecule has 1 aromatic carbocycles. The maximum absolute atomic E-state index is 13.1. The molecule has 2 aromatic rings. The van der Waals surface area contributed by atoms with E-state index in [0.717, 1.165) is 18.2 Å². The monoisotopic (exact) mass is 347 g/mol. The molecule has 0 aliphatic carbocycles. The Labute approximate surface area is 135 Å². The lowest BCUT2D eigenvalue weighted by Gasteiger charge is -2.15. The van der Waals surface area contributed by atoms with Crippen molar-refractivity contribution >= 4 is 23.2 Å². The van der Waals surface area contributed by atoms with Crippen LogP contribution in [0.25, 0.3) is 0 Å². The van der Waals surface area contributed by atoms with Crippen LogP contribution in [-0.2, 0) is 4.79 Å². The molecule has 23 heavy (non-hydrogen) atoms. The van der Waals surface area contributed by atoms with E-state index in [1.54, 1.807) is 13.8 Å². The van der Waals surface area contributed by atoms with Gasteiger partial charge >= 0.3 is 6.61 Å². The lowest BCUT2D eigenvalue weighted by molar-refractivity contribution is -0.119. The molecule has 0 aliphatic heterocycles. The Morgan fingerprint density at radius 2 is 2.13 bits per heavy atom. The Hall–Kier alpha value is -2.22. The third-order valence-electron chi connectivity index (χ3n) is 3.05. The van der Waals surface area contributed by atoms with Crippen molar-refractivity contribution in [3.8, 4) is 5.75 Å². The molecule has 0 saturated heterocycles. The van der Waals surface area contributed by atoms with Crippen molar-refractivity contribution < 1.29 is 22.7 Å². The highest BCUT2D eigenvalue weighted by Gasteiger charge is 2.20. The van der Waals surface area contributed by atoms with Gasteiger partial charge in [0.05, 0.1) is 16.4 Å². The summed E-state index contributed by atoms with van der Waals surface area (Å²) in [7, 11) is 0. The number of aryl methyl sites for hydroxylation is 1. The van der Waals surface area contributed by atoms with E-state index in [2.05, 4.69) is 15.2 Å². The molecule has 1 atom stereocenters. The molecule has 1 aromatic heterocycles. The second kappa shape index (κ2) is 6.91. The number of aromatic nitrogens is 2. The van der Waals surface area contributed by atoms with Crippen molar-refractivity contribution in [2.24, 2.45) is 0 Å². The van der Waals surface area contributed by atoms with Crippen LogP contribution in [0.3, 0.4) is 0 Å². The van der Waals surface area contributed by atoms with Crippen molar-refractivity contribution in [1.82, 2.24) is 9.78 Å². The zero-order valence-corrected chi connectivity index (χ0v) is 12.9. The molecule has 0 radical (unpaired) electrons. The maximum atomic E-state index is 13.1. The average Bonchev–Trinajstić information content (AvgIpc) is 2.80. The van der Waals surface area contributed by atoms with Gasteiger partial charge in [0.2, 0.25) is 5.91 Å². The van der Waals surface area contributed by atoms with Crippen LogP contribution in [0.2, 0.25) is 5.02 Å². The van der Waals surface area contributed by atoms with Gasteiger partial charge in [0.1, 0.15) is 11.9 Å². The van der Waals surface area contributed by atoms with Crippen LogP contribution in [0.4, 0.5) is 18.9 Å². The highest BCUT2D eigenvalue weighted by Crippen LogP contribution is 2.28. The van der Waals surface area contributed by atoms with Crippen molar-refractivity contribution in [2.45, 2.75) is 26.5 Å². The molecule has 0 aliphatic rings. The van der Waals surface area contributed by atoms with Gasteiger partial charge in [-0.05, 0) is 26.0 Å². The number of nitrogens with one attached hydrogen (secondary N) is 1. The third-order valence-corrected chi connectivity index (χ3v) is 3.42. The number of hydrogen-bond donors (Lipinski definition) is 1. The predicted molar refractivity (Wildman–Crippen MR) is 78.3 cm³/mol. The minimum Gasteiger partial charge on any atom is -0.432 e. The standard InChI is InChI=1S/C14H13ClF3N3O2/c1-7-10(15)6-21(20-7)8(2)13(22)19-11-4-3-9(16)5-12(11)23-14(17)18/h3-6,8,14H,1-2H3,(H,19,22). The molecule has 0 spiro atoms. The topological polar surface area (TPSA) is 56.2 Å². The zero-order valence-electron chi connectivity index (χ0n) is 12.2. The molecular formula is C14H13ClF3N3O2. The quantitative estimate of drug-likeness (QED) is 0.895. The summed E-state index contributed by atoms with van der Waals surface area (Å²) in [4.78, 5) is 12.2. The summed E-state index contributed by atoms with van der Waals surface area (Å²) in [5, 5.41) is 6.87. The number of anilines is 1. The van der Waals surface area contributed by atoms with E-state index in [4.69, 9.17) is 11.6 Å². The summed E-state index contributed by atoms with van der Waals surface area (Å²) in [6.45, 7) is 0.0882. The van der Waals surface area contributed by atoms with E-state index in [-0.39, 0.29) is 5.69 Å². The number of carbonyl (C=O) groups is 1. The van der Waals surface area contributed by atoms with Crippen LogP contribution >= 0.6 is 11.6 Å². The summed E-state index contributed by atoms with van der Waals surface area (Å²) < 4.78 is 43.4. The van der Waals surface area contributed by atoms with Crippen molar-refractivity contribution in [3.05, 3.63) is 40.9 Å². The second-order valence-electron chi connectivity index (χ2n) is 4.73. The van der Waals surface area contributed by atoms with Crippen LogP contribution in [0.1, 0.15) is 18.7 Å². The normalized spacial score (nSPS) is 12.3. The number of nitrogens with zero attached hydrogens (tertiary/aromatic N) is 2. The Balaban J connectivity index is 2.19. The van der Waals surface area contributed by atoms with E-state index < -0.39 is 30.1 Å². The molecule has 0 saturated carbocycles.